The molecule has 0 saturated carbocycles. The minimum atomic E-state index is 0.133. The van der Waals surface area contributed by atoms with Gasteiger partial charge in [-0.05, 0) is 0 Å². The second kappa shape index (κ2) is 7.65. The van der Waals surface area contributed by atoms with Gasteiger partial charge in [0.1, 0.15) is 0 Å². The maximum atomic E-state index is 13.8. The summed E-state index contributed by atoms with van der Waals surface area (Å²) in [6.07, 6.45) is 3.47. The van der Waals surface area contributed by atoms with Crippen LogP contribution in [0.5, 0.6) is 0 Å². The molecule has 2 heteroatoms. The van der Waals surface area contributed by atoms with Gasteiger partial charge in [-0.3, -0.25) is 0 Å². The van der Waals surface area contributed by atoms with Crippen LogP contribution >= 0.6 is 0 Å². The summed E-state index contributed by atoms with van der Waals surface area (Å²) in [6.45, 7) is 4.15. The predicted octanol–water partition coefficient (Wildman–Crippen LogP) is 3.80. The summed E-state index contributed by atoms with van der Waals surface area (Å²) in [5.74, 6) is 0.133. The Bertz CT molecular complexity index is 330. The average Bonchev–Trinajstić information content (AvgIpc) is 2.34. The van der Waals surface area contributed by atoms with Crippen LogP contribution in [0.1, 0.15) is 39.5 Å². The van der Waals surface area contributed by atoms with Crippen molar-refractivity contribution in [2.75, 3.05) is 0 Å². The number of benzene rings is 1. The Morgan fingerprint density at radius 2 is 1.88 bits per heavy atom. The normalized spacial score (nSPS) is 12.4. The summed E-state index contributed by atoms with van der Waals surface area (Å²) in [5, 5.41) is 0. The fourth-order valence-corrected chi connectivity index (χ4v) is 3.38. The molecule has 0 aliphatic heterocycles. The van der Waals surface area contributed by atoms with Crippen LogP contribution in [0, 0.1) is 0 Å². The first-order valence-corrected chi connectivity index (χ1v) is 7.59. The molecule has 0 nitrogen and oxygen atoms in total. The van der Waals surface area contributed by atoms with Crippen molar-refractivity contribution in [3.05, 3.63) is 40.6 Å². The standard InChI is InChI=1S/C14H19FSe/c1-3-5-11-13(15)14(4-2)16-12-9-7-6-8-10-12/h6-10H,3-5,11H2,1-2H3/b14-13+. The van der Waals surface area contributed by atoms with Gasteiger partial charge in [0.25, 0.3) is 0 Å². The van der Waals surface area contributed by atoms with Gasteiger partial charge in [-0.15, -0.1) is 0 Å². The van der Waals surface area contributed by atoms with E-state index in [0.717, 1.165) is 23.7 Å². The van der Waals surface area contributed by atoms with Gasteiger partial charge in [0.15, 0.2) is 0 Å². The van der Waals surface area contributed by atoms with Gasteiger partial charge in [0, 0.05) is 0 Å². The second-order valence-electron chi connectivity index (χ2n) is 3.70. The molecule has 0 aliphatic rings. The Morgan fingerprint density at radius 1 is 1.19 bits per heavy atom. The van der Waals surface area contributed by atoms with Crippen LogP contribution < -0.4 is 4.46 Å². The van der Waals surface area contributed by atoms with Crippen molar-refractivity contribution in [3.8, 4) is 0 Å². The molecule has 0 spiro atoms. The van der Waals surface area contributed by atoms with Crippen LogP contribution in [-0.2, 0) is 0 Å². The van der Waals surface area contributed by atoms with E-state index in [4.69, 9.17) is 0 Å². The maximum absolute atomic E-state index is 13.8. The molecule has 1 rings (SSSR count). The number of rotatable bonds is 6. The molecule has 0 unspecified atom stereocenters. The molecule has 0 fully saturated rings. The third-order valence-corrected chi connectivity index (χ3v) is 5.01. The molecule has 0 heterocycles. The second-order valence-corrected chi connectivity index (χ2v) is 6.15. The molecule has 88 valence electrons. The molecule has 0 atom stereocenters. The van der Waals surface area contributed by atoms with Crippen LogP contribution in [0.3, 0.4) is 0 Å². The quantitative estimate of drug-likeness (QED) is 0.697. The molecule has 0 amide bonds. The SMILES string of the molecule is CCCC/C(F)=C(/CC)[Se]c1ccccc1. The van der Waals surface area contributed by atoms with Crippen LogP contribution in [-0.4, -0.2) is 15.0 Å². The summed E-state index contributed by atoms with van der Waals surface area (Å²) in [7, 11) is 0. The number of hydrogen-bond donors (Lipinski definition) is 0. The molecular weight excluding hydrogens is 266 g/mol. The summed E-state index contributed by atoms with van der Waals surface area (Å²) < 4.78 is 16.1. The summed E-state index contributed by atoms with van der Waals surface area (Å²) in [5.41, 5.74) is 0. The van der Waals surface area contributed by atoms with Gasteiger partial charge >= 0.3 is 104 Å². The van der Waals surface area contributed by atoms with Gasteiger partial charge in [-0.1, -0.05) is 0 Å². The molecule has 0 radical (unpaired) electrons. The zero-order chi connectivity index (χ0) is 11.8. The van der Waals surface area contributed by atoms with E-state index < -0.39 is 0 Å². The third-order valence-electron chi connectivity index (χ3n) is 2.36. The Kier molecular flexibility index (Phi) is 6.44. The van der Waals surface area contributed by atoms with E-state index in [2.05, 4.69) is 19.1 Å². The van der Waals surface area contributed by atoms with Crippen LogP contribution in [0.4, 0.5) is 4.39 Å². The molecule has 0 aliphatic carbocycles. The van der Waals surface area contributed by atoms with Gasteiger partial charge in [0.05, 0.1) is 0 Å². The van der Waals surface area contributed by atoms with Crippen molar-refractivity contribution >= 4 is 19.4 Å². The zero-order valence-corrected chi connectivity index (χ0v) is 11.7. The molecule has 16 heavy (non-hydrogen) atoms. The van der Waals surface area contributed by atoms with Gasteiger partial charge in [-0.2, -0.15) is 0 Å². The zero-order valence-electron chi connectivity index (χ0n) is 10.0. The number of halogens is 1. The van der Waals surface area contributed by atoms with Crippen molar-refractivity contribution in [1.29, 1.82) is 0 Å². The van der Waals surface area contributed by atoms with E-state index in [1.165, 1.54) is 4.46 Å². The van der Waals surface area contributed by atoms with E-state index >= 15 is 0 Å². The molecule has 1 aromatic rings. The minimum absolute atomic E-state index is 0.133. The molecule has 0 N–H and O–H groups in total. The molecule has 0 saturated heterocycles. The fraction of sp³-hybridized carbons (Fsp3) is 0.429. The summed E-state index contributed by atoms with van der Waals surface area (Å²) >= 11 is 0.161. The van der Waals surface area contributed by atoms with Crippen LogP contribution in [0.25, 0.3) is 0 Å². The monoisotopic (exact) mass is 286 g/mol. The Hall–Kier alpha value is -0.591. The Morgan fingerprint density at radius 3 is 2.44 bits per heavy atom. The van der Waals surface area contributed by atoms with Crippen LogP contribution in [0.15, 0.2) is 40.6 Å². The summed E-state index contributed by atoms with van der Waals surface area (Å²) in [4.78, 5) is 0. The van der Waals surface area contributed by atoms with Crippen molar-refractivity contribution < 1.29 is 4.39 Å². The van der Waals surface area contributed by atoms with Crippen LogP contribution in [0.2, 0.25) is 0 Å². The summed E-state index contributed by atoms with van der Waals surface area (Å²) in [6, 6.07) is 10.2. The number of unbranched alkanes of at least 4 members (excludes halogenated alkanes) is 1. The molecule has 0 aromatic heterocycles. The Balaban J connectivity index is 2.67. The van der Waals surface area contributed by atoms with E-state index in [0.29, 0.717) is 6.42 Å². The third kappa shape index (κ3) is 4.51. The molecular formula is C14H19FSe. The molecule has 0 bridgehead atoms. The van der Waals surface area contributed by atoms with Crippen molar-refractivity contribution in [2.45, 2.75) is 39.5 Å². The van der Waals surface area contributed by atoms with Gasteiger partial charge in [0.2, 0.25) is 0 Å². The van der Waals surface area contributed by atoms with Crippen molar-refractivity contribution in [2.24, 2.45) is 0 Å². The van der Waals surface area contributed by atoms with E-state index in [-0.39, 0.29) is 20.8 Å². The Labute approximate surface area is 104 Å². The first-order valence-electron chi connectivity index (χ1n) is 5.88. The molecule has 1 aromatic carbocycles. The number of hydrogen-bond acceptors (Lipinski definition) is 0. The van der Waals surface area contributed by atoms with Crippen molar-refractivity contribution in [1.82, 2.24) is 0 Å². The average molecular weight is 285 g/mol. The first kappa shape index (κ1) is 13.5. The van der Waals surface area contributed by atoms with Crippen molar-refractivity contribution in [3.63, 3.8) is 0 Å². The first-order chi connectivity index (χ1) is 7.77. The van der Waals surface area contributed by atoms with Gasteiger partial charge in [-0.25, -0.2) is 0 Å². The predicted molar refractivity (Wildman–Crippen MR) is 69.8 cm³/mol. The van der Waals surface area contributed by atoms with Gasteiger partial charge < -0.3 is 0 Å². The fourth-order valence-electron chi connectivity index (χ4n) is 1.42. The topological polar surface area (TPSA) is 0 Å². The van der Waals surface area contributed by atoms with E-state index in [1.807, 2.05) is 25.1 Å². The number of allylic oxidation sites excluding steroid dienone is 2. The van der Waals surface area contributed by atoms with E-state index in [1.54, 1.807) is 0 Å². The van der Waals surface area contributed by atoms with E-state index in [9.17, 15) is 4.39 Å².